The third-order valence-corrected chi connectivity index (χ3v) is 13.8. The van der Waals surface area contributed by atoms with E-state index in [0.29, 0.717) is 54.5 Å². The Labute approximate surface area is 381 Å². The number of fused-ring (bicyclic) bond motifs is 2. The summed E-state index contributed by atoms with van der Waals surface area (Å²) in [4.78, 5) is 46.5. The molecule has 14 heteroatoms. The van der Waals surface area contributed by atoms with Crippen molar-refractivity contribution in [2.45, 2.75) is 114 Å². The van der Waals surface area contributed by atoms with Gasteiger partial charge in [0, 0.05) is 63.3 Å². The highest BCUT2D eigenvalue weighted by Gasteiger charge is 2.65. The summed E-state index contributed by atoms with van der Waals surface area (Å²) in [6.07, 6.45) is 13.7. The van der Waals surface area contributed by atoms with Crippen molar-refractivity contribution in [3.63, 3.8) is 0 Å². The number of unbranched alkanes of at least 4 members (excludes halogenated alkanes) is 2. The fourth-order valence-corrected chi connectivity index (χ4v) is 10.6. The van der Waals surface area contributed by atoms with Crippen molar-refractivity contribution in [3.05, 3.63) is 124 Å². The molecule has 3 aliphatic carbocycles. The van der Waals surface area contributed by atoms with Gasteiger partial charge in [0.25, 0.3) is 5.69 Å². The molecule has 4 aliphatic rings. The van der Waals surface area contributed by atoms with Crippen LogP contribution in [0.1, 0.15) is 106 Å². The van der Waals surface area contributed by atoms with E-state index >= 15 is 0 Å². The maximum atomic E-state index is 14.5. The fourth-order valence-electron chi connectivity index (χ4n) is 10.6. The van der Waals surface area contributed by atoms with Crippen LogP contribution >= 0.6 is 0 Å². The van der Waals surface area contributed by atoms with E-state index in [2.05, 4.69) is 18.0 Å². The number of hydrogen-bond donors (Lipinski definition) is 3. The Morgan fingerprint density at radius 2 is 1.72 bits per heavy atom. The average Bonchev–Trinajstić information content (AvgIpc) is 3.85. The maximum Gasteiger partial charge on any atom is 0.412 e. The number of aliphatic hydroxyl groups is 2. The minimum absolute atomic E-state index is 0.000452. The number of nitro benzene ring substituents is 1. The Morgan fingerprint density at radius 1 is 0.985 bits per heavy atom. The predicted molar refractivity (Wildman–Crippen MR) is 246 cm³/mol. The first-order chi connectivity index (χ1) is 31.6. The summed E-state index contributed by atoms with van der Waals surface area (Å²) in [5, 5.41) is 38.9. The minimum atomic E-state index is -1.41. The Balaban J connectivity index is 1.33. The van der Waals surface area contributed by atoms with Crippen molar-refractivity contribution < 1.29 is 43.8 Å². The van der Waals surface area contributed by atoms with Crippen LogP contribution in [0.15, 0.2) is 102 Å². The number of carbonyl (C=O) groups excluding carboxylic acids is 2. The molecule has 7 rings (SSSR count). The summed E-state index contributed by atoms with van der Waals surface area (Å²) < 4.78 is 20.2. The zero-order valence-electron chi connectivity index (χ0n) is 37.5. The number of likely N-dealkylation sites (N-methyl/N-ethyl adjacent to an activating group) is 1. The average molecular weight is 893 g/mol. The smallest absolute Gasteiger partial charge is 0.412 e. The van der Waals surface area contributed by atoms with Gasteiger partial charge in [-0.05, 0) is 96.9 Å². The van der Waals surface area contributed by atoms with E-state index in [0.717, 1.165) is 61.6 Å². The Kier molecular flexibility index (Phi) is 16.4. The van der Waals surface area contributed by atoms with Crippen LogP contribution in [0, 0.1) is 33.8 Å². The molecule has 6 atom stereocenters. The maximum absolute atomic E-state index is 14.5. The minimum Gasteiger partial charge on any atom is -0.459 e. The summed E-state index contributed by atoms with van der Waals surface area (Å²) in [5.41, 5.74) is 3.95. The Bertz CT molecular complexity index is 2160. The van der Waals surface area contributed by atoms with Crippen molar-refractivity contribution in [2.24, 2.45) is 28.8 Å². The van der Waals surface area contributed by atoms with Crippen molar-refractivity contribution in [1.82, 2.24) is 10.2 Å². The molecule has 348 valence electrons. The molecule has 2 fully saturated rings. The SMILES string of the molecule is C=CCOC12Oc3ccc(OC(=O)NCc4ccccc4)cc3C3C(CCCCO)C(CCCCO)C=C(C(=NOCc4ccc([N+](=O)[O-])cc4)CC1N(C)C(=O)CCC1CCCC1)C32. The first-order valence-electron chi connectivity index (χ1n) is 23.3. The number of allylic oxidation sites excluding steroid dienone is 1. The van der Waals surface area contributed by atoms with E-state index in [-0.39, 0.29) is 62.2 Å². The summed E-state index contributed by atoms with van der Waals surface area (Å²) >= 11 is 0. The zero-order valence-corrected chi connectivity index (χ0v) is 37.5. The normalized spacial score (nSPS) is 24.0. The number of ether oxygens (including phenoxy) is 3. The highest BCUT2D eigenvalue weighted by atomic mass is 16.7. The van der Waals surface area contributed by atoms with Crippen LogP contribution in [0.4, 0.5) is 10.5 Å². The van der Waals surface area contributed by atoms with Gasteiger partial charge in [0.15, 0.2) is 0 Å². The summed E-state index contributed by atoms with van der Waals surface area (Å²) in [5.74, 6) is -0.867. The number of oxime groups is 1. The van der Waals surface area contributed by atoms with Gasteiger partial charge in [0.2, 0.25) is 11.7 Å². The molecule has 0 bridgehead atoms. The first-order valence-corrected chi connectivity index (χ1v) is 23.3. The third-order valence-electron chi connectivity index (χ3n) is 13.8. The van der Waals surface area contributed by atoms with E-state index in [1.165, 1.54) is 25.0 Å². The van der Waals surface area contributed by atoms with E-state index in [1.54, 1.807) is 29.2 Å². The molecule has 3 aromatic carbocycles. The topological polar surface area (TPSA) is 182 Å². The molecule has 0 aromatic heterocycles. The lowest BCUT2D eigenvalue weighted by atomic mass is 9.55. The molecule has 6 unspecified atom stereocenters. The largest absolute Gasteiger partial charge is 0.459 e. The second-order valence-corrected chi connectivity index (χ2v) is 17.9. The quantitative estimate of drug-likeness (QED) is 0.0381. The number of aliphatic hydroxyl groups excluding tert-OH is 2. The van der Waals surface area contributed by atoms with Gasteiger partial charge in [0.05, 0.1) is 23.2 Å². The fraction of sp³-hybridized carbons (Fsp3) is 0.510. The molecule has 65 heavy (non-hydrogen) atoms. The van der Waals surface area contributed by atoms with Gasteiger partial charge >= 0.3 is 6.09 Å². The number of nitrogens with one attached hydrogen (secondary N) is 1. The monoisotopic (exact) mass is 892 g/mol. The Hall–Kier alpha value is -5.57. The molecule has 0 radical (unpaired) electrons. The van der Waals surface area contributed by atoms with Crippen molar-refractivity contribution in [2.75, 3.05) is 26.9 Å². The number of hydrogen-bond acceptors (Lipinski definition) is 11. The van der Waals surface area contributed by atoms with Crippen molar-refractivity contribution in [3.8, 4) is 11.5 Å². The predicted octanol–water partition coefficient (Wildman–Crippen LogP) is 9.15. The second kappa shape index (κ2) is 22.6. The number of carbonyl (C=O) groups is 2. The molecule has 14 nitrogen and oxygen atoms in total. The lowest BCUT2D eigenvalue weighted by Crippen LogP contribution is -2.69. The van der Waals surface area contributed by atoms with Gasteiger partial charge in [-0.15, -0.1) is 6.58 Å². The van der Waals surface area contributed by atoms with Crippen LogP contribution in [0.25, 0.3) is 0 Å². The lowest BCUT2D eigenvalue weighted by Gasteiger charge is -2.59. The zero-order chi connectivity index (χ0) is 45.8. The number of benzene rings is 3. The first kappa shape index (κ1) is 47.4. The number of nitro groups is 1. The van der Waals surface area contributed by atoms with Crippen LogP contribution in [0.5, 0.6) is 11.5 Å². The number of non-ortho nitro benzene ring substituents is 1. The molecule has 1 aliphatic heterocycles. The van der Waals surface area contributed by atoms with Crippen LogP contribution in [0.2, 0.25) is 0 Å². The third kappa shape index (κ3) is 11.3. The summed E-state index contributed by atoms with van der Waals surface area (Å²) in [6, 6.07) is 20.5. The molecule has 1 heterocycles. The van der Waals surface area contributed by atoms with Gasteiger partial charge < -0.3 is 39.5 Å². The van der Waals surface area contributed by atoms with Gasteiger partial charge in [-0.2, -0.15) is 0 Å². The Morgan fingerprint density at radius 3 is 2.43 bits per heavy atom. The molecule has 2 saturated carbocycles. The van der Waals surface area contributed by atoms with Gasteiger partial charge in [-0.3, -0.25) is 14.9 Å². The number of amides is 2. The highest BCUT2D eigenvalue weighted by Crippen LogP contribution is 2.62. The lowest BCUT2D eigenvalue weighted by molar-refractivity contribution is -0.384. The van der Waals surface area contributed by atoms with Crippen LogP contribution in [-0.2, 0) is 27.5 Å². The molecular formula is C51H64N4O10. The van der Waals surface area contributed by atoms with Crippen LogP contribution < -0.4 is 14.8 Å². The molecule has 3 N–H and O–H groups in total. The van der Waals surface area contributed by atoms with Gasteiger partial charge in [0.1, 0.15) is 24.1 Å². The molecule has 3 aromatic rings. The number of nitrogens with zero attached hydrogens (tertiary/aromatic N) is 3. The molecular weight excluding hydrogens is 829 g/mol. The summed E-state index contributed by atoms with van der Waals surface area (Å²) in [7, 11) is 1.82. The van der Waals surface area contributed by atoms with Crippen LogP contribution in [-0.4, -0.2) is 76.4 Å². The van der Waals surface area contributed by atoms with Gasteiger partial charge in [-0.25, -0.2) is 4.79 Å². The molecule has 0 spiro atoms. The van der Waals surface area contributed by atoms with E-state index < -0.39 is 28.8 Å². The summed E-state index contributed by atoms with van der Waals surface area (Å²) in [6.45, 7) is 4.61. The van der Waals surface area contributed by atoms with E-state index in [1.807, 2.05) is 49.5 Å². The number of rotatable bonds is 22. The highest BCUT2D eigenvalue weighted by molar-refractivity contribution is 6.03. The standard InChI is InChI=1S/C51H64N4O10/c1-3-29-62-51-46(54(2)47(58)26-21-35-13-7-8-14-35)32-44(53-63-34-37-19-22-39(23-20-37)55(60)61)42-30-38(17-9-11-27-56)41(18-10-12-28-57)48(49(42)51)43-31-40(24-25-45(43)65-51)64-50(59)52-33-36-15-5-4-6-16-36/h3-6,15-16,19-20,22-25,30-31,35,38,41,46,48-49,56-57H,1,7-14,17-18,21,26-29,32-34H2,2H3,(H,52,59). The van der Waals surface area contributed by atoms with Crippen molar-refractivity contribution in [1.29, 1.82) is 0 Å². The molecule has 2 amide bonds. The van der Waals surface area contributed by atoms with Gasteiger partial charge in [-0.1, -0.05) is 86.2 Å². The second-order valence-electron chi connectivity index (χ2n) is 17.9. The van der Waals surface area contributed by atoms with Crippen molar-refractivity contribution >= 4 is 23.4 Å². The van der Waals surface area contributed by atoms with Crippen LogP contribution in [0.3, 0.4) is 0 Å². The molecule has 0 saturated heterocycles. The van der Waals surface area contributed by atoms with E-state index in [9.17, 15) is 29.9 Å². The van der Waals surface area contributed by atoms with E-state index in [4.69, 9.17) is 24.2 Å².